The van der Waals surface area contributed by atoms with Gasteiger partial charge in [0.05, 0.1) is 0 Å². The molecule has 0 unspecified atom stereocenters. The van der Waals surface area contributed by atoms with Gasteiger partial charge in [-0.25, -0.2) is 4.79 Å². The number of esters is 1. The van der Waals surface area contributed by atoms with E-state index in [-0.39, 0.29) is 18.1 Å². The Kier molecular flexibility index (Phi) is 4.23. The molecule has 1 aromatic heterocycles. The highest BCUT2D eigenvalue weighted by Crippen LogP contribution is 2.21. The lowest BCUT2D eigenvalue weighted by Gasteiger charge is -2.11. The lowest BCUT2D eigenvalue weighted by Crippen LogP contribution is -2.24. The molecule has 0 spiro atoms. The third-order valence-electron chi connectivity index (χ3n) is 3.49. The summed E-state index contributed by atoms with van der Waals surface area (Å²) in [7, 11) is 0. The molecule has 0 bridgehead atoms. The number of aromatic nitrogens is 1. The molecule has 1 aromatic carbocycles. The van der Waals surface area contributed by atoms with Crippen LogP contribution >= 0.6 is 0 Å². The monoisotopic (exact) mass is 298 g/mol. The van der Waals surface area contributed by atoms with Gasteiger partial charge in [-0.05, 0) is 37.3 Å². The molecule has 1 saturated heterocycles. The summed E-state index contributed by atoms with van der Waals surface area (Å²) in [4.78, 5) is 15.6. The van der Waals surface area contributed by atoms with E-state index in [1.807, 2.05) is 43.3 Å². The van der Waals surface area contributed by atoms with Crippen LogP contribution in [0.5, 0.6) is 5.75 Å². The molecule has 5 nitrogen and oxygen atoms in total. The number of carbonyl (C=O) groups is 1. The molecule has 2 atom stereocenters. The second-order valence-corrected chi connectivity index (χ2v) is 5.35. The topological polar surface area (TPSA) is 60.5 Å². The average molecular weight is 298 g/mol. The molecule has 1 aliphatic heterocycles. The zero-order valence-corrected chi connectivity index (χ0v) is 12.4. The van der Waals surface area contributed by atoms with Gasteiger partial charge >= 0.3 is 5.97 Å². The first-order chi connectivity index (χ1) is 10.7. The Hall–Kier alpha value is -2.56. The van der Waals surface area contributed by atoms with E-state index in [1.54, 1.807) is 12.4 Å². The summed E-state index contributed by atoms with van der Waals surface area (Å²) in [6.07, 6.45) is 4.19. The molecule has 1 N–H and O–H groups in total. The summed E-state index contributed by atoms with van der Waals surface area (Å²) in [5.74, 6) is 0.584. The Morgan fingerprint density at radius 1 is 1.32 bits per heavy atom. The summed E-state index contributed by atoms with van der Waals surface area (Å²) in [6.45, 7) is 2.38. The number of benzene rings is 1. The minimum atomic E-state index is -0.267. The molecule has 5 heteroatoms. The molecule has 0 saturated carbocycles. The largest absolute Gasteiger partial charge is 0.489 e. The number of rotatable bonds is 5. The summed E-state index contributed by atoms with van der Waals surface area (Å²) in [6, 6.07) is 11.1. The molecule has 0 radical (unpaired) electrons. The molecule has 1 aliphatic rings. The number of cyclic esters (lactones) is 1. The van der Waals surface area contributed by atoms with Crippen LogP contribution in [0.1, 0.15) is 18.9 Å². The normalized spacial score (nSPS) is 20.5. The summed E-state index contributed by atoms with van der Waals surface area (Å²) in [5, 5.41) is 3.18. The molecular formula is C17H18N2O3. The highest BCUT2D eigenvalue weighted by molar-refractivity contribution is 5.81. The minimum absolute atomic E-state index is 0.0212. The van der Waals surface area contributed by atoms with E-state index in [1.165, 1.54) is 0 Å². The maximum absolute atomic E-state index is 11.6. The van der Waals surface area contributed by atoms with Crippen LogP contribution in [-0.4, -0.2) is 23.1 Å². The van der Waals surface area contributed by atoms with E-state index < -0.39 is 0 Å². The Bertz CT molecular complexity index is 628. The maximum Gasteiger partial charge on any atom is 0.328 e. The van der Waals surface area contributed by atoms with Crippen LogP contribution in [0.2, 0.25) is 0 Å². The standard InChI is InChI=1S/C17H18N2O3/c1-12-9-16(17(20)22-12)19-14-4-6-15(7-5-14)21-11-13-3-2-8-18-10-13/h2-8,10,12,16,19H,9,11H2,1H3/t12-,16+/m1/s1. The van der Waals surface area contributed by atoms with Gasteiger partial charge < -0.3 is 14.8 Å². The van der Waals surface area contributed by atoms with Crippen molar-refractivity contribution in [3.8, 4) is 5.75 Å². The van der Waals surface area contributed by atoms with Gasteiger partial charge in [0.25, 0.3) is 0 Å². The Balaban J connectivity index is 1.55. The first-order valence-electron chi connectivity index (χ1n) is 7.29. The fourth-order valence-corrected chi connectivity index (χ4v) is 2.37. The fraction of sp³-hybridized carbons (Fsp3) is 0.294. The van der Waals surface area contributed by atoms with Crippen LogP contribution in [0.25, 0.3) is 0 Å². The van der Waals surface area contributed by atoms with E-state index in [2.05, 4.69) is 10.3 Å². The molecule has 22 heavy (non-hydrogen) atoms. The summed E-state index contributed by atoms with van der Waals surface area (Å²) >= 11 is 0. The molecule has 114 valence electrons. The van der Waals surface area contributed by atoms with Crippen LogP contribution in [0.4, 0.5) is 5.69 Å². The van der Waals surface area contributed by atoms with Crippen molar-refractivity contribution in [3.63, 3.8) is 0 Å². The fourth-order valence-electron chi connectivity index (χ4n) is 2.37. The number of hydrogen-bond acceptors (Lipinski definition) is 5. The van der Waals surface area contributed by atoms with E-state index in [4.69, 9.17) is 9.47 Å². The molecule has 2 heterocycles. The number of anilines is 1. The van der Waals surface area contributed by atoms with E-state index in [9.17, 15) is 4.79 Å². The molecule has 0 amide bonds. The van der Waals surface area contributed by atoms with Crippen LogP contribution in [-0.2, 0) is 16.1 Å². The maximum atomic E-state index is 11.6. The van der Waals surface area contributed by atoms with Crippen molar-refractivity contribution in [1.82, 2.24) is 4.98 Å². The van der Waals surface area contributed by atoms with Crippen molar-refractivity contribution >= 4 is 11.7 Å². The van der Waals surface area contributed by atoms with Crippen LogP contribution in [0.15, 0.2) is 48.8 Å². The van der Waals surface area contributed by atoms with Crippen molar-refractivity contribution in [2.45, 2.75) is 32.1 Å². The van der Waals surface area contributed by atoms with Gasteiger partial charge in [-0.15, -0.1) is 0 Å². The van der Waals surface area contributed by atoms with Crippen molar-refractivity contribution in [2.75, 3.05) is 5.32 Å². The van der Waals surface area contributed by atoms with Crippen LogP contribution in [0.3, 0.4) is 0 Å². The third-order valence-corrected chi connectivity index (χ3v) is 3.49. The average Bonchev–Trinajstić information content (AvgIpc) is 2.85. The molecule has 0 aliphatic carbocycles. The Labute approximate surface area is 129 Å². The van der Waals surface area contributed by atoms with Crippen molar-refractivity contribution in [2.24, 2.45) is 0 Å². The molecule has 2 aromatic rings. The number of pyridine rings is 1. The second-order valence-electron chi connectivity index (χ2n) is 5.35. The third kappa shape index (κ3) is 3.55. The first-order valence-corrected chi connectivity index (χ1v) is 7.29. The zero-order chi connectivity index (χ0) is 15.4. The number of nitrogens with one attached hydrogen (secondary N) is 1. The Morgan fingerprint density at radius 3 is 2.77 bits per heavy atom. The van der Waals surface area contributed by atoms with Gasteiger partial charge in [0.2, 0.25) is 0 Å². The van der Waals surface area contributed by atoms with E-state index >= 15 is 0 Å². The van der Waals surface area contributed by atoms with Gasteiger partial charge in [-0.3, -0.25) is 4.98 Å². The smallest absolute Gasteiger partial charge is 0.328 e. The molecular weight excluding hydrogens is 280 g/mol. The van der Waals surface area contributed by atoms with Gasteiger partial charge in [0, 0.05) is 30.1 Å². The number of hydrogen-bond donors (Lipinski definition) is 1. The Morgan fingerprint density at radius 2 is 2.14 bits per heavy atom. The van der Waals surface area contributed by atoms with E-state index in [0.717, 1.165) is 17.0 Å². The zero-order valence-electron chi connectivity index (χ0n) is 12.4. The lowest BCUT2D eigenvalue weighted by atomic mass is 10.2. The van der Waals surface area contributed by atoms with Gasteiger partial charge in [-0.1, -0.05) is 6.07 Å². The quantitative estimate of drug-likeness (QED) is 0.860. The van der Waals surface area contributed by atoms with Crippen LogP contribution < -0.4 is 10.1 Å². The highest BCUT2D eigenvalue weighted by Gasteiger charge is 2.31. The van der Waals surface area contributed by atoms with Crippen molar-refractivity contribution < 1.29 is 14.3 Å². The van der Waals surface area contributed by atoms with Crippen molar-refractivity contribution in [3.05, 3.63) is 54.4 Å². The van der Waals surface area contributed by atoms with Crippen molar-refractivity contribution in [1.29, 1.82) is 0 Å². The number of nitrogens with zero attached hydrogens (tertiary/aromatic N) is 1. The first kappa shape index (κ1) is 14.4. The highest BCUT2D eigenvalue weighted by atomic mass is 16.6. The van der Waals surface area contributed by atoms with Gasteiger partial charge in [0.15, 0.2) is 0 Å². The van der Waals surface area contributed by atoms with Gasteiger partial charge in [-0.2, -0.15) is 0 Å². The predicted molar refractivity (Wildman–Crippen MR) is 82.6 cm³/mol. The number of ether oxygens (including phenoxy) is 2. The van der Waals surface area contributed by atoms with Gasteiger partial charge in [0.1, 0.15) is 24.5 Å². The van der Waals surface area contributed by atoms with E-state index in [0.29, 0.717) is 13.0 Å². The number of carbonyl (C=O) groups excluding carboxylic acids is 1. The predicted octanol–water partition coefficient (Wildman–Crippen LogP) is 2.78. The summed E-state index contributed by atoms with van der Waals surface area (Å²) in [5.41, 5.74) is 1.90. The SMILES string of the molecule is C[C@@H]1C[C@H](Nc2ccc(OCc3cccnc3)cc2)C(=O)O1. The summed E-state index contributed by atoms with van der Waals surface area (Å²) < 4.78 is 10.8. The molecule has 1 fully saturated rings. The van der Waals surface area contributed by atoms with Crippen LogP contribution in [0, 0.1) is 0 Å². The second kappa shape index (κ2) is 6.47. The lowest BCUT2D eigenvalue weighted by molar-refractivity contribution is -0.141. The minimum Gasteiger partial charge on any atom is -0.489 e. The molecule has 3 rings (SSSR count).